The molecule has 5 heteroatoms. The van der Waals surface area contributed by atoms with E-state index in [2.05, 4.69) is 33.0 Å². The first kappa shape index (κ1) is 16.9. The van der Waals surface area contributed by atoms with Crippen LogP contribution in [0.3, 0.4) is 0 Å². The fourth-order valence-corrected chi connectivity index (χ4v) is 4.55. The molecule has 5 nitrogen and oxygen atoms in total. The first-order valence-electron chi connectivity index (χ1n) is 9.72. The number of rotatable bonds is 5. The Morgan fingerprint density at radius 1 is 1.20 bits per heavy atom. The van der Waals surface area contributed by atoms with Gasteiger partial charge in [-0.2, -0.15) is 5.10 Å². The van der Waals surface area contributed by atoms with Crippen molar-refractivity contribution >= 4 is 10.9 Å². The molecule has 0 radical (unpaired) electrons. The van der Waals surface area contributed by atoms with E-state index >= 15 is 0 Å². The van der Waals surface area contributed by atoms with Crippen molar-refractivity contribution in [2.24, 2.45) is 5.92 Å². The smallest absolute Gasteiger partial charge is 0.119 e. The number of likely N-dealkylation sites (tertiary alicyclic amines) is 2. The van der Waals surface area contributed by atoms with Crippen LogP contribution in [0.2, 0.25) is 0 Å². The number of hydrogen-bond donors (Lipinski definition) is 1. The van der Waals surface area contributed by atoms with Gasteiger partial charge in [0.05, 0.1) is 18.3 Å². The zero-order chi connectivity index (χ0) is 17.2. The minimum Gasteiger partial charge on any atom is -0.497 e. The fourth-order valence-electron chi connectivity index (χ4n) is 4.55. The van der Waals surface area contributed by atoms with Gasteiger partial charge in [-0.15, -0.1) is 0 Å². The molecule has 2 aliphatic heterocycles. The number of aromatic amines is 1. The standard InChI is InChI=1S/C20H30N4O/c1-15(24-9-3-4-10-24)16-7-11-23(12-8-16)14-20-18-13-17(25-2)5-6-19(18)21-22-20/h5-6,13,15-16H,3-4,7-12,14H2,1-2H3,(H,21,22)/t15-/m1/s1. The van der Waals surface area contributed by atoms with Crippen molar-refractivity contribution in [2.75, 3.05) is 33.3 Å². The van der Waals surface area contributed by atoms with Crippen LogP contribution < -0.4 is 4.74 Å². The molecular weight excluding hydrogens is 312 g/mol. The van der Waals surface area contributed by atoms with Crippen molar-refractivity contribution in [3.63, 3.8) is 0 Å². The summed E-state index contributed by atoms with van der Waals surface area (Å²) in [6.45, 7) is 8.39. The van der Waals surface area contributed by atoms with Gasteiger partial charge in [-0.3, -0.25) is 10.00 Å². The second-order valence-electron chi connectivity index (χ2n) is 7.68. The molecular formula is C20H30N4O. The molecule has 0 unspecified atom stereocenters. The number of hydrogen-bond acceptors (Lipinski definition) is 4. The van der Waals surface area contributed by atoms with Crippen molar-refractivity contribution in [3.8, 4) is 5.75 Å². The van der Waals surface area contributed by atoms with E-state index in [0.717, 1.165) is 29.8 Å². The third-order valence-electron chi connectivity index (χ3n) is 6.25. The van der Waals surface area contributed by atoms with Crippen LogP contribution >= 0.6 is 0 Å². The van der Waals surface area contributed by atoms with Crippen molar-refractivity contribution in [1.82, 2.24) is 20.0 Å². The minimum absolute atomic E-state index is 0.752. The molecule has 25 heavy (non-hydrogen) atoms. The predicted molar refractivity (Wildman–Crippen MR) is 101 cm³/mol. The molecule has 3 heterocycles. The Labute approximate surface area is 150 Å². The zero-order valence-electron chi connectivity index (χ0n) is 15.5. The van der Waals surface area contributed by atoms with E-state index in [-0.39, 0.29) is 0 Å². The normalized spacial score (nSPS) is 21.8. The van der Waals surface area contributed by atoms with E-state index in [4.69, 9.17) is 4.74 Å². The lowest BCUT2D eigenvalue weighted by Gasteiger charge is -2.38. The minimum atomic E-state index is 0.752. The van der Waals surface area contributed by atoms with Crippen molar-refractivity contribution < 1.29 is 4.74 Å². The van der Waals surface area contributed by atoms with Gasteiger partial charge in [0.25, 0.3) is 0 Å². The Balaban J connectivity index is 1.37. The van der Waals surface area contributed by atoms with E-state index in [1.807, 2.05) is 12.1 Å². The largest absolute Gasteiger partial charge is 0.497 e. The third-order valence-corrected chi connectivity index (χ3v) is 6.25. The van der Waals surface area contributed by atoms with Crippen LogP contribution in [0.1, 0.15) is 38.3 Å². The van der Waals surface area contributed by atoms with Crippen LogP contribution in [-0.4, -0.2) is 59.3 Å². The van der Waals surface area contributed by atoms with E-state index in [0.29, 0.717) is 0 Å². The average Bonchev–Trinajstić information content (AvgIpc) is 3.32. The monoisotopic (exact) mass is 342 g/mol. The molecule has 0 bridgehead atoms. The first-order chi connectivity index (χ1) is 12.2. The fraction of sp³-hybridized carbons (Fsp3) is 0.650. The molecule has 4 rings (SSSR count). The van der Waals surface area contributed by atoms with Gasteiger partial charge < -0.3 is 9.64 Å². The third kappa shape index (κ3) is 3.53. The summed E-state index contributed by atoms with van der Waals surface area (Å²) in [6, 6.07) is 6.84. The highest BCUT2D eigenvalue weighted by molar-refractivity contribution is 5.82. The molecule has 2 saturated heterocycles. The second-order valence-corrected chi connectivity index (χ2v) is 7.68. The van der Waals surface area contributed by atoms with Gasteiger partial charge in [-0.05, 0) is 82.9 Å². The Morgan fingerprint density at radius 2 is 1.96 bits per heavy atom. The summed E-state index contributed by atoms with van der Waals surface area (Å²) in [5.41, 5.74) is 2.23. The maximum Gasteiger partial charge on any atom is 0.119 e. The number of nitrogens with zero attached hydrogens (tertiary/aromatic N) is 3. The maximum atomic E-state index is 5.37. The summed E-state index contributed by atoms with van der Waals surface area (Å²) in [5.74, 6) is 1.75. The summed E-state index contributed by atoms with van der Waals surface area (Å²) in [4.78, 5) is 5.27. The second kappa shape index (κ2) is 7.34. The molecule has 2 fully saturated rings. The molecule has 2 aromatic rings. The highest BCUT2D eigenvalue weighted by Gasteiger charge is 2.29. The van der Waals surface area contributed by atoms with Crippen LogP contribution in [0.5, 0.6) is 5.75 Å². The number of piperidine rings is 1. The molecule has 2 aliphatic rings. The molecule has 1 aromatic heterocycles. The van der Waals surface area contributed by atoms with Crippen LogP contribution in [0, 0.1) is 5.92 Å². The number of nitrogens with one attached hydrogen (secondary N) is 1. The predicted octanol–water partition coefficient (Wildman–Crippen LogP) is 3.27. The lowest BCUT2D eigenvalue weighted by atomic mass is 9.89. The van der Waals surface area contributed by atoms with Crippen molar-refractivity contribution in [2.45, 2.75) is 45.2 Å². The Kier molecular flexibility index (Phi) is 4.95. The van der Waals surface area contributed by atoms with Gasteiger partial charge >= 0.3 is 0 Å². The Morgan fingerprint density at radius 3 is 2.68 bits per heavy atom. The molecule has 136 valence electrons. The molecule has 1 aromatic carbocycles. The van der Waals surface area contributed by atoms with E-state index < -0.39 is 0 Å². The molecule has 0 amide bonds. The first-order valence-corrected chi connectivity index (χ1v) is 9.72. The highest BCUT2D eigenvalue weighted by Crippen LogP contribution is 2.28. The Bertz CT molecular complexity index is 699. The molecule has 1 atom stereocenters. The number of H-pyrrole nitrogens is 1. The molecule has 0 aliphatic carbocycles. The van der Waals surface area contributed by atoms with Gasteiger partial charge in [0, 0.05) is 18.0 Å². The summed E-state index contributed by atoms with van der Waals surface area (Å²) < 4.78 is 5.37. The summed E-state index contributed by atoms with van der Waals surface area (Å²) in [5, 5.41) is 8.86. The number of fused-ring (bicyclic) bond motifs is 1. The summed E-state index contributed by atoms with van der Waals surface area (Å²) in [6.07, 6.45) is 5.40. The Hall–Kier alpha value is -1.59. The number of benzene rings is 1. The molecule has 0 spiro atoms. The van der Waals surface area contributed by atoms with E-state index in [1.54, 1.807) is 7.11 Å². The van der Waals surface area contributed by atoms with Crippen LogP contribution in [0.4, 0.5) is 0 Å². The molecule has 0 saturated carbocycles. The van der Waals surface area contributed by atoms with Gasteiger partial charge in [0.1, 0.15) is 5.75 Å². The van der Waals surface area contributed by atoms with Crippen LogP contribution in [0.15, 0.2) is 18.2 Å². The summed E-state index contributed by atoms with van der Waals surface area (Å²) >= 11 is 0. The van der Waals surface area contributed by atoms with Crippen molar-refractivity contribution in [3.05, 3.63) is 23.9 Å². The van der Waals surface area contributed by atoms with Gasteiger partial charge in [-0.1, -0.05) is 0 Å². The number of methoxy groups -OCH3 is 1. The van der Waals surface area contributed by atoms with E-state index in [9.17, 15) is 0 Å². The van der Waals surface area contributed by atoms with Gasteiger partial charge in [-0.25, -0.2) is 0 Å². The summed E-state index contributed by atoms with van der Waals surface area (Å²) in [7, 11) is 1.72. The molecule has 1 N–H and O–H groups in total. The number of ether oxygens (including phenoxy) is 1. The van der Waals surface area contributed by atoms with Crippen molar-refractivity contribution in [1.29, 1.82) is 0 Å². The van der Waals surface area contributed by atoms with Crippen LogP contribution in [0.25, 0.3) is 10.9 Å². The zero-order valence-corrected chi connectivity index (χ0v) is 15.5. The van der Waals surface area contributed by atoms with Crippen LogP contribution in [-0.2, 0) is 6.54 Å². The topological polar surface area (TPSA) is 44.4 Å². The number of aromatic nitrogens is 2. The SMILES string of the molecule is COc1ccc2n[nH]c(CN3CCC([C@@H](C)N4CCCC4)CC3)c2c1. The quantitative estimate of drug-likeness (QED) is 0.906. The van der Waals surface area contributed by atoms with Gasteiger partial charge in [0.15, 0.2) is 0 Å². The maximum absolute atomic E-state index is 5.37. The lowest BCUT2D eigenvalue weighted by Crippen LogP contribution is -2.43. The highest BCUT2D eigenvalue weighted by atomic mass is 16.5. The average molecular weight is 342 g/mol. The van der Waals surface area contributed by atoms with Gasteiger partial charge in [0.2, 0.25) is 0 Å². The van der Waals surface area contributed by atoms with E-state index in [1.165, 1.54) is 62.9 Å². The lowest BCUT2D eigenvalue weighted by molar-refractivity contribution is 0.107.